The molecule has 5 N–H and O–H groups in total. The van der Waals surface area contributed by atoms with Crippen LogP contribution in [0.25, 0.3) is 0 Å². The lowest BCUT2D eigenvalue weighted by atomic mass is 9.95. The summed E-state index contributed by atoms with van der Waals surface area (Å²) in [5.74, 6) is -1.34. The summed E-state index contributed by atoms with van der Waals surface area (Å²) in [5, 5.41) is 17.9. The van der Waals surface area contributed by atoms with E-state index in [1.165, 1.54) is 24.1 Å². The quantitative estimate of drug-likeness (QED) is 0.139. The number of nitrogens with zero attached hydrogens (tertiary/aromatic N) is 4. The Morgan fingerprint density at radius 1 is 1.05 bits per heavy atom. The summed E-state index contributed by atoms with van der Waals surface area (Å²) in [5.41, 5.74) is 6.07. The topological polar surface area (TPSA) is 184 Å². The number of amidine groups is 1. The van der Waals surface area contributed by atoms with Gasteiger partial charge in [-0.3, -0.25) is 45.0 Å². The average molecular weight is 579 g/mol. The van der Waals surface area contributed by atoms with Crippen LogP contribution in [0.4, 0.5) is 5.69 Å². The molecule has 0 saturated carbocycles. The van der Waals surface area contributed by atoms with Crippen LogP contribution in [0.1, 0.15) is 46.4 Å². The molecule has 1 unspecified atom stereocenters. The van der Waals surface area contributed by atoms with Gasteiger partial charge in [0.15, 0.2) is 6.29 Å². The van der Waals surface area contributed by atoms with E-state index >= 15 is 0 Å². The fourth-order valence-corrected chi connectivity index (χ4v) is 5.67. The van der Waals surface area contributed by atoms with Crippen LogP contribution < -0.4 is 16.0 Å². The molecule has 0 radical (unpaired) electrons. The number of piperazine rings is 1. The highest BCUT2D eigenvalue weighted by Crippen LogP contribution is 2.25. The van der Waals surface area contributed by atoms with E-state index in [-0.39, 0.29) is 41.4 Å². The number of hydrogen-bond donors (Lipinski definition) is 4. The summed E-state index contributed by atoms with van der Waals surface area (Å²) < 4.78 is 0. The Labute approximate surface area is 244 Å². The number of likely N-dealkylation sites (N-methyl/N-ethyl adjacent to an activating group) is 1. The molecule has 13 nitrogen and oxygen atoms in total. The van der Waals surface area contributed by atoms with Crippen LogP contribution in [-0.4, -0.2) is 115 Å². The number of anilines is 1. The first kappa shape index (κ1) is 30.6. The van der Waals surface area contributed by atoms with E-state index in [0.717, 1.165) is 64.3 Å². The average Bonchev–Trinajstić information content (AvgIpc) is 2.99. The number of amides is 4. The smallest absolute Gasteiger partial charge is 0.266 e. The van der Waals surface area contributed by atoms with Gasteiger partial charge in [-0.05, 0) is 55.5 Å². The van der Waals surface area contributed by atoms with E-state index in [9.17, 15) is 24.0 Å². The van der Waals surface area contributed by atoms with E-state index in [2.05, 4.69) is 15.1 Å². The molecule has 3 aliphatic heterocycles. The van der Waals surface area contributed by atoms with E-state index in [1.54, 1.807) is 12.1 Å². The van der Waals surface area contributed by atoms with Crippen molar-refractivity contribution in [3.8, 4) is 0 Å². The van der Waals surface area contributed by atoms with Gasteiger partial charge in [0.05, 0.1) is 5.56 Å². The number of likely N-dealkylation sites (tertiary alicyclic amines) is 1. The van der Waals surface area contributed by atoms with Gasteiger partial charge in [-0.15, -0.1) is 0 Å². The van der Waals surface area contributed by atoms with Crippen molar-refractivity contribution in [2.75, 3.05) is 57.8 Å². The minimum absolute atomic E-state index is 0.157. The molecule has 3 saturated heterocycles. The lowest BCUT2D eigenvalue weighted by molar-refractivity contribution is -0.136. The molecule has 3 aliphatic rings. The maximum Gasteiger partial charge on any atom is 0.266 e. The Kier molecular flexibility index (Phi) is 9.84. The molecule has 0 aromatic heterocycles. The molecule has 1 atom stereocenters. The number of rotatable bonds is 9. The van der Waals surface area contributed by atoms with E-state index < -0.39 is 23.8 Å². The van der Waals surface area contributed by atoms with Gasteiger partial charge in [0.2, 0.25) is 11.8 Å². The summed E-state index contributed by atoms with van der Waals surface area (Å²) in [4.78, 5) is 67.8. The monoisotopic (exact) mass is 578 g/mol. The third-order valence-corrected chi connectivity index (χ3v) is 8.27. The highest BCUT2D eigenvalue weighted by molar-refractivity contribution is 6.41. The summed E-state index contributed by atoms with van der Waals surface area (Å²) in [7, 11) is 1.52. The molecule has 0 spiro atoms. The molecule has 4 amide bonds. The van der Waals surface area contributed by atoms with Gasteiger partial charge in [-0.2, -0.15) is 0 Å². The third-order valence-electron chi connectivity index (χ3n) is 8.27. The molecular formula is C29H38N8O5. The number of aldehydes is 1. The first-order chi connectivity index (χ1) is 20.1. The van der Waals surface area contributed by atoms with E-state index in [4.69, 9.17) is 16.6 Å². The molecule has 13 heteroatoms. The van der Waals surface area contributed by atoms with Gasteiger partial charge in [-0.25, -0.2) is 0 Å². The van der Waals surface area contributed by atoms with Crippen molar-refractivity contribution >= 4 is 47.1 Å². The molecule has 3 fully saturated rings. The number of carbonyl (C=O) groups excluding carboxylic acids is 5. The Bertz CT molecular complexity index is 1290. The predicted octanol–water partition coefficient (Wildman–Crippen LogP) is 0.249. The third kappa shape index (κ3) is 7.27. The number of benzene rings is 1. The standard InChI is InChI=1S/C29H38N8O5/c1-34(24-5-7-26(39)33-28(24)41)29(42)22-16-21(3-2-20(22)18-38)36-14-12-35(13-15-36)17-19-8-10-37(11-9-19)25(31)6-4-23(30)27(32)40/h2-4,6,16,18-19,24,30-31H,5,7-15,17H2,1H3,(H2,32,40)(H,33,39,41)/b6-4-,30-23?,31-25?. The number of nitrogens with one attached hydrogen (secondary N) is 3. The second-order valence-corrected chi connectivity index (χ2v) is 11.0. The molecule has 0 bridgehead atoms. The Hall–Kier alpha value is -4.39. The van der Waals surface area contributed by atoms with Crippen molar-refractivity contribution in [3.05, 3.63) is 41.5 Å². The molecule has 4 rings (SSSR count). The first-order valence-electron chi connectivity index (χ1n) is 14.1. The minimum atomic E-state index is -0.817. The SMILES string of the molecule is CN(C(=O)c1cc(N2CCN(CC3CCN(C(=N)/C=C\C(=N)C(N)=O)CC3)CC2)ccc1C=O)C1CCC(=O)NC1=O. The van der Waals surface area contributed by atoms with Crippen LogP contribution in [0, 0.1) is 16.7 Å². The van der Waals surface area contributed by atoms with Crippen LogP contribution in [0.5, 0.6) is 0 Å². The number of nitrogens with two attached hydrogens (primary N) is 1. The lowest BCUT2D eigenvalue weighted by Gasteiger charge is -2.40. The molecule has 42 heavy (non-hydrogen) atoms. The molecular weight excluding hydrogens is 540 g/mol. The summed E-state index contributed by atoms with van der Waals surface area (Å²) >= 11 is 0. The second-order valence-electron chi connectivity index (χ2n) is 11.0. The number of carbonyl (C=O) groups is 5. The zero-order chi connectivity index (χ0) is 30.4. The van der Waals surface area contributed by atoms with Crippen molar-refractivity contribution in [2.45, 2.75) is 31.7 Å². The maximum absolute atomic E-state index is 13.3. The number of piperidine rings is 2. The largest absolute Gasteiger partial charge is 0.369 e. The zero-order valence-corrected chi connectivity index (χ0v) is 23.8. The van der Waals surface area contributed by atoms with Gasteiger partial charge in [-0.1, -0.05) is 0 Å². The van der Waals surface area contributed by atoms with Gasteiger partial charge in [0.25, 0.3) is 11.8 Å². The van der Waals surface area contributed by atoms with E-state index in [1.807, 2.05) is 11.0 Å². The second kappa shape index (κ2) is 13.5. The first-order valence-corrected chi connectivity index (χ1v) is 14.1. The highest BCUT2D eigenvalue weighted by Gasteiger charge is 2.33. The van der Waals surface area contributed by atoms with Crippen LogP contribution in [0.2, 0.25) is 0 Å². The van der Waals surface area contributed by atoms with Crippen molar-refractivity contribution in [1.82, 2.24) is 20.0 Å². The predicted molar refractivity (Wildman–Crippen MR) is 157 cm³/mol. The van der Waals surface area contributed by atoms with Crippen LogP contribution in [-0.2, 0) is 14.4 Å². The van der Waals surface area contributed by atoms with Gasteiger partial charge < -0.3 is 20.4 Å². The van der Waals surface area contributed by atoms with Gasteiger partial charge in [0, 0.05) is 70.5 Å². The fraction of sp³-hybridized carbons (Fsp3) is 0.483. The zero-order valence-electron chi connectivity index (χ0n) is 23.8. The lowest BCUT2D eigenvalue weighted by Crippen LogP contribution is -2.53. The summed E-state index contributed by atoms with van der Waals surface area (Å²) in [6, 6.07) is 4.42. The molecule has 0 aliphatic carbocycles. The minimum Gasteiger partial charge on any atom is -0.369 e. The Morgan fingerprint density at radius 3 is 2.36 bits per heavy atom. The van der Waals surface area contributed by atoms with Crippen molar-refractivity contribution in [2.24, 2.45) is 11.7 Å². The molecule has 224 valence electrons. The van der Waals surface area contributed by atoms with E-state index in [0.29, 0.717) is 12.2 Å². The van der Waals surface area contributed by atoms with Crippen LogP contribution >= 0.6 is 0 Å². The Balaban J connectivity index is 1.29. The molecule has 1 aromatic carbocycles. The van der Waals surface area contributed by atoms with Crippen molar-refractivity contribution in [3.63, 3.8) is 0 Å². The molecule has 3 heterocycles. The van der Waals surface area contributed by atoms with Crippen molar-refractivity contribution in [1.29, 1.82) is 10.8 Å². The van der Waals surface area contributed by atoms with Gasteiger partial charge in [0.1, 0.15) is 17.6 Å². The fourth-order valence-electron chi connectivity index (χ4n) is 5.67. The van der Waals surface area contributed by atoms with Crippen LogP contribution in [0.3, 0.4) is 0 Å². The number of hydrogen-bond acceptors (Lipinski definition) is 9. The summed E-state index contributed by atoms with van der Waals surface area (Å²) in [6.07, 6.45) is 5.64. The number of imide groups is 1. The summed E-state index contributed by atoms with van der Waals surface area (Å²) in [6.45, 7) is 5.66. The molecule has 1 aromatic rings. The van der Waals surface area contributed by atoms with Crippen LogP contribution in [0.15, 0.2) is 30.4 Å². The Morgan fingerprint density at radius 2 is 1.74 bits per heavy atom. The number of primary amides is 1. The van der Waals surface area contributed by atoms with Crippen molar-refractivity contribution < 1.29 is 24.0 Å². The van der Waals surface area contributed by atoms with Gasteiger partial charge >= 0.3 is 0 Å². The normalized spacial score (nSPS) is 20.4. The highest BCUT2D eigenvalue weighted by atomic mass is 16.2. The maximum atomic E-state index is 13.3.